The Morgan fingerprint density at radius 3 is 2.53 bits per heavy atom. The zero-order valence-electron chi connectivity index (χ0n) is 18.4. The van der Waals surface area contributed by atoms with Crippen LogP contribution in [0.25, 0.3) is 5.69 Å². The van der Waals surface area contributed by atoms with Gasteiger partial charge in [-0.2, -0.15) is 0 Å². The van der Waals surface area contributed by atoms with E-state index in [0.29, 0.717) is 0 Å². The number of aromatic nitrogens is 2. The first-order valence-electron chi connectivity index (χ1n) is 11.2. The number of nitrogens with zero attached hydrogens (tertiary/aromatic N) is 4. The minimum atomic E-state index is -0.00912. The van der Waals surface area contributed by atoms with Gasteiger partial charge in [0.25, 0.3) is 0 Å². The third-order valence-electron chi connectivity index (χ3n) is 6.38. The zero-order chi connectivity index (χ0) is 21.9. The molecule has 1 N–H and O–H groups in total. The average Bonchev–Trinajstić information content (AvgIpc) is 3.38. The van der Waals surface area contributed by atoms with Crippen LogP contribution in [0.2, 0.25) is 0 Å². The van der Waals surface area contributed by atoms with E-state index in [0.717, 1.165) is 55.9 Å². The second-order valence-corrected chi connectivity index (χ2v) is 8.73. The third kappa shape index (κ3) is 4.16. The molecule has 2 aliphatic rings. The molecule has 6 nitrogen and oxygen atoms in total. The second kappa shape index (κ2) is 9.40. The van der Waals surface area contributed by atoms with E-state index in [2.05, 4.69) is 80.1 Å². The number of benzene rings is 1. The van der Waals surface area contributed by atoms with Gasteiger partial charge < -0.3 is 19.5 Å². The van der Waals surface area contributed by atoms with Crippen LogP contribution in [0.3, 0.4) is 0 Å². The molecular weight excluding hydrogens is 418 g/mol. The van der Waals surface area contributed by atoms with Crippen molar-refractivity contribution < 1.29 is 4.74 Å². The van der Waals surface area contributed by atoms with E-state index in [4.69, 9.17) is 17.0 Å². The van der Waals surface area contributed by atoms with Gasteiger partial charge in [-0.05, 0) is 55.5 Å². The summed E-state index contributed by atoms with van der Waals surface area (Å²) in [6.45, 7) is 7.53. The van der Waals surface area contributed by atoms with Gasteiger partial charge in [0, 0.05) is 49.5 Å². The number of rotatable bonds is 6. The molecule has 0 aliphatic carbocycles. The second-order valence-electron chi connectivity index (χ2n) is 8.34. The van der Waals surface area contributed by atoms with Crippen molar-refractivity contribution in [3.63, 3.8) is 0 Å². The Morgan fingerprint density at radius 1 is 1.00 bits per heavy atom. The first kappa shape index (κ1) is 21.1. The number of aryl methyl sites for hydroxylation is 1. The van der Waals surface area contributed by atoms with Crippen LogP contribution in [0, 0.1) is 6.92 Å². The lowest BCUT2D eigenvalue weighted by Crippen LogP contribution is -2.42. The predicted octanol–water partition coefficient (Wildman–Crippen LogP) is 3.49. The minimum absolute atomic E-state index is 0.00912. The lowest BCUT2D eigenvalue weighted by atomic mass is 10.0. The number of hydrogen-bond acceptors (Lipinski definition) is 4. The van der Waals surface area contributed by atoms with Gasteiger partial charge in [-0.25, -0.2) is 0 Å². The summed E-state index contributed by atoms with van der Waals surface area (Å²) in [6, 6.07) is 21.1. The van der Waals surface area contributed by atoms with E-state index in [1.807, 2.05) is 18.3 Å². The van der Waals surface area contributed by atoms with Crippen molar-refractivity contribution in [2.24, 2.45) is 0 Å². The van der Waals surface area contributed by atoms with E-state index < -0.39 is 0 Å². The lowest BCUT2D eigenvalue weighted by Gasteiger charge is -2.32. The molecule has 7 heteroatoms. The summed E-state index contributed by atoms with van der Waals surface area (Å²) in [5, 5.41) is 4.37. The molecule has 32 heavy (non-hydrogen) atoms. The molecule has 166 valence electrons. The summed E-state index contributed by atoms with van der Waals surface area (Å²) in [6.07, 6.45) is 1.86. The monoisotopic (exact) mass is 447 g/mol. The van der Waals surface area contributed by atoms with Crippen molar-refractivity contribution >= 4 is 17.3 Å². The maximum atomic E-state index is 5.86. The van der Waals surface area contributed by atoms with Crippen molar-refractivity contribution in [2.45, 2.75) is 19.0 Å². The van der Waals surface area contributed by atoms with Crippen LogP contribution in [0.5, 0.6) is 0 Å². The predicted molar refractivity (Wildman–Crippen MR) is 130 cm³/mol. The molecule has 2 saturated heterocycles. The number of hydrogen-bond donors (Lipinski definition) is 1. The summed E-state index contributed by atoms with van der Waals surface area (Å²) >= 11 is 5.86. The summed E-state index contributed by atoms with van der Waals surface area (Å²) in [7, 11) is 0. The van der Waals surface area contributed by atoms with E-state index >= 15 is 0 Å². The normalized spacial score (nSPS) is 21.7. The first-order chi connectivity index (χ1) is 15.7. The largest absolute Gasteiger partial charge is 0.379 e. The van der Waals surface area contributed by atoms with Gasteiger partial charge in [-0.1, -0.05) is 24.3 Å². The Hall–Kier alpha value is -2.74. The molecule has 0 unspecified atom stereocenters. The van der Waals surface area contributed by atoms with E-state index in [1.54, 1.807) is 0 Å². The minimum Gasteiger partial charge on any atom is -0.379 e. The Labute approximate surface area is 194 Å². The molecule has 4 heterocycles. The van der Waals surface area contributed by atoms with Crippen LogP contribution in [0.1, 0.15) is 29.2 Å². The summed E-state index contributed by atoms with van der Waals surface area (Å²) in [4.78, 5) is 9.48. The SMILES string of the molecule is Cc1ccc([C@H]2[C@@H](c3ccccn3)NC(=S)N2CCN2CCOCC2)n1-c1ccccc1. The molecule has 2 atom stereocenters. The fraction of sp³-hybridized carbons (Fsp3) is 0.360. The molecule has 0 amide bonds. The molecule has 1 aromatic carbocycles. The molecule has 0 bridgehead atoms. The van der Waals surface area contributed by atoms with Gasteiger partial charge >= 0.3 is 0 Å². The van der Waals surface area contributed by atoms with Gasteiger partial charge in [0.15, 0.2) is 5.11 Å². The van der Waals surface area contributed by atoms with E-state index in [9.17, 15) is 0 Å². The van der Waals surface area contributed by atoms with Crippen molar-refractivity contribution in [1.82, 2.24) is 24.7 Å². The van der Waals surface area contributed by atoms with Crippen LogP contribution < -0.4 is 5.32 Å². The molecule has 5 rings (SSSR count). The number of pyridine rings is 1. The number of morpholine rings is 1. The molecule has 0 radical (unpaired) electrons. The maximum Gasteiger partial charge on any atom is 0.170 e. The van der Waals surface area contributed by atoms with Gasteiger partial charge in [-0.15, -0.1) is 0 Å². The Bertz CT molecular complexity index is 1050. The van der Waals surface area contributed by atoms with Crippen molar-refractivity contribution in [3.8, 4) is 5.69 Å². The van der Waals surface area contributed by atoms with Gasteiger partial charge in [0.2, 0.25) is 0 Å². The topological polar surface area (TPSA) is 45.6 Å². The molecule has 2 aromatic heterocycles. The van der Waals surface area contributed by atoms with Crippen LogP contribution in [-0.2, 0) is 4.74 Å². The standard InChI is InChI=1S/C25H29N5OS/c1-19-10-11-22(30(19)20-7-3-2-4-8-20)24-23(21-9-5-6-12-26-21)27-25(32)29(24)14-13-28-15-17-31-18-16-28/h2-12,23-24H,13-18H2,1H3,(H,27,32)/t23-,24+/m1/s1. The first-order valence-corrected chi connectivity index (χ1v) is 11.6. The van der Waals surface area contributed by atoms with E-state index in [1.165, 1.54) is 11.4 Å². The number of nitrogens with one attached hydrogen (secondary N) is 1. The molecular formula is C25H29N5OS. The summed E-state index contributed by atoms with van der Waals surface area (Å²) < 4.78 is 7.87. The highest BCUT2D eigenvalue weighted by molar-refractivity contribution is 7.80. The van der Waals surface area contributed by atoms with Crippen LogP contribution in [0.4, 0.5) is 0 Å². The van der Waals surface area contributed by atoms with Gasteiger partial charge in [0.05, 0.1) is 31.0 Å². The van der Waals surface area contributed by atoms with Crippen LogP contribution in [0.15, 0.2) is 66.9 Å². The fourth-order valence-corrected chi connectivity index (χ4v) is 5.09. The number of thiocarbonyl (C=S) groups is 1. The fourth-order valence-electron chi connectivity index (χ4n) is 4.76. The van der Waals surface area contributed by atoms with Crippen LogP contribution in [-0.4, -0.2) is 63.9 Å². The third-order valence-corrected chi connectivity index (χ3v) is 6.73. The number of ether oxygens (including phenoxy) is 1. The van der Waals surface area contributed by atoms with Gasteiger partial charge in [-0.3, -0.25) is 9.88 Å². The Kier molecular flexibility index (Phi) is 6.21. The zero-order valence-corrected chi connectivity index (χ0v) is 19.2. The molecule has 0 saturated carbocycles. The number of para-hydroxylation sites is 1. The smallest absolute Gasteiger partial charge is 0.170 e. The van der Waals surface area contributed by atoms with Crippen molar-refractivity contribution in [3.05, 3.63) is 83.9 Å². The summed E-state index contributed by atoms with van der Waals surface area (Å²) in [5.41, 5.74) is 4.60. The quantitative estimate of drug-likeness (QED) is 0.584. The van der Waals surface area contributed by atoms with Crippen molar-refractivity contribution in [2.75, 3.05) is 39.4 Å². The molecule has 2 fully saturated rings. The highest BCUT2D eigenvalue weighted by atomic mass is 32.1. The molecule has 3 aromatic rings. The van der Waals surface area contributed by atoms with Crippen LogP contribution >= 0.6 is 12.2 Å². The highest BCUT2D eigenvalue weighted by Crippen LogP contribution is 2.40. The van der Waals surface area contributed by atoms with Crippen molar-refractivity contribution in [1.29, 1.82) is 0 Å². The Morgan fingerprint density at radius 2 is 1.78 bits per heavy atom. The molecule has 0 spiro atoms. The average molecular weight is 448 g/mol. The summed E-state index contributed by atoms with van der Waals surface area (Å²) in [5.74, 6) is 0. The molecule has 2 aliphatic heterocycles. The highest BCUT2D eigenvalue weighted by Gasteiger charge is 2.41. The Balaban J connectivity index is 1.52. The van der Waals surface area contributed by atoms with E-state index in [-0.39, 0.29) is 12.1 Å². The maximum absolute atomic E-state index is 5.86. The van der Waals surface area contributed by atoms with Gasteiger partial charge in [0.1, 0.15) is 0 Å². The lowest BCUT2D eigenvalue weighted by molar-refractivity contribution is 0.0349.